The first-order valence-corrected chi connectivity index (χ1v) is 8.89. The Morgan fingerprint density at radius 3 is 2.74 bits per heavy atom. The van der Waals surface area contributed by atoms with Gasteiger partial charge in [-0.3, -0.25) is 0 Å². The summed E-state index contributed by atoms with van der Waals surface area (Å²) < 4.78 is 7.66. The molecule has 0 aliphatic carbocycles. The second-order valence-corrected chi connectivity index (χ2v) is 7.40. The lowest BCUT2D eigenvalue weighted by molar-refractivity contribution is -0.115. The number of ether oxygens (including phenoxy) is 1. The van der Waals surface area contributed by atoms with Crippen LogP contribution in [0.5, 0.6) is 0 Å². The van der Waals surface area contributed by atoms with Crippen molar-refractivity contribution >= 4 is 11.0 Å². The Kier molecular flexibility index (Phi) is 4.27. The summed E-state index contributed by atoms with van der Waals surface area (Å²) >= 11 is 0. The molecular weight excluding hydrogens is 346 g/mol. The Labute approximate surface area is 156 Å². The fraction of sp³-hybridized carbons (Fsp3) is 0.400. The van der Waals surface area contributed by atoms with Gasteiger partial charge in [0.05, 0.1) is 5.69 Å². The molecule has 1 aliphatic rings. The van der Waals surface area contributed by atoms with Crippen LogP contribution in [-0.2, 0) is 4.74 Å². The molecule has 4 rings (SSSR count). The minimum Gasteiger partial charge on any atom is -0.386 e. The summed E-state index contributed by atoms with van der Waals surface area (Å²) in [4.78, 5) is 8.45. The molecule has 3 heterocycles. The lowest BCUT2D eigenvalue weighted by atomic mass is 9.88. The van der Waals surface area contributed by atoms with E-state index in [4.69, 9.17) is 4.74 Å². The van der Waals surface area contributed by atoms with E-state index in [1.165, 1.54) is 13.3 Å². The van der Waals surface area contributed by atoms with E-state index in [-0.39, 0.29) is 0 Å². The third-order valence-corrected chi connectivity index (χ3v) is 5.38. The molecule has 1 aliphatic heterocycles. The fourth-order valence-corrected chi connectivity index (χ4v) is 3.76. The van der Waals surface area contributed by atoms with Crippen LogP contribution in [0.25, 0.3) is 11.0 Å². The Balaban J connectivity index is 1.71. The van der Waals surface area contributed by atoms with Crippen molar-refractivity contribution in [2.24, 2.45) is 0 Å². The average molecular weight is 369 g/mol. The zero-order valence-electron chi connectivity index (χ0n) is 15.4. The zero-order chi connectivity index (χ0) is 19.3. The molecular formula is C20H23N3O4. The third kappa shape index (κ3) is 2.83. The van der Waals surface area contributed by atoms with Gasteiger partial charge < -0.3 is 24.6 Å². The van der Waals surface area contributed by atoms with E-state index in [9.17, 15) is 15.3 Å². The van der Waals surface area contributed by atoms with Gasteiger partial charge in [0, 0.05) is 11.6 Å². The Bertz CT molecular complexity index is 984. The summed E-state index contributed by atoms with van der Waals surface area (Å²) in [7, 11) is 0. The van der Waals surface area contributed by atoms with Crippen molar-refractivity contribution in [3.8, 4) is 0 Å². The molecule has 142 valence electrons. The molecule has 2 aromatic heterocycles. The fourth-order valence-electron chi connectivity index (χ4n) is 3.76. The van der Waals surface area contributed by atoms with E-state index in [1.807, 2.05) is 38.1 Å². The maximum absolute atomic E-state index is 10.9. The number of aryl methyl sites for hydroxylation is 2. The highest BCUT2D eigenvalue weighted by Crippen LogP contribution is 2.43. The lowest BCUT2D eigenvalue weighted by Crippen LogP contribution is -2.47. The first-order chi connectivity index (χ1) is 12.8. The molecule has 3 N–H and O–H groups in total. The lowest BCUT2D eigenvalue weighted by Gasteiger charge is -2.29. The summed E-state index contributed by atoms with van der Waals surface area (Å²) in [5, 5.41) is 33.4. The highest BCUT2D eigenvalue weighted by atomic mass is 16.6. The van der Waals surface area contributed by atoms with Crippen LogP contribution in [0.4, 0.5) is 0 Å². The predicted molar refractivity (Wildman–Crippen MR) is 98.9 cm³/mol. The Morgan fingerprint density at radius 1 is 1.22 bits per heavy atom. The normalized spacial score (nSPS) is 29.3. The van der Waals surface area contributed by atoms with Crippen molar-refractivity contribution in [3.63, 3.8) is 0 Å². The van der Waals surface area contributed by atoms with Gasteiger partial charge in [0.25, 0.3) is 0 Å². The molecule has 1 fully saturated rings. The van der Waals surface area contributed by atoms with Crippen LogP contribution in [0.2, 0.25) is 0 Å². The molecule has 0 saturated carbocycles. The SMILES string of the molecule is Cc1cccc([C@@H](O)[C@H]2O[C@@H](n3ccc4c(C)ncnc43)[C@H](O)[C@]2(C)O)c1. The molecule has 7 nitrogen and oxygen atoms in total. The second kappa shape index (κ2) is 6.38. The topological polar surface area (TPSA) is 101 Å². The maximum atomic E-state index is 10.9. The first-order valence-electron chi connectivity index (χ1n) is 8.89. The van der Waals surface area contributed by atoms with Gasteiger partial charge in [-0.25, -0.2) is 9.97 Å². The van der Waals surface area contributed by atoms with Gasteiger partial charge >= 0.3 is 0 Å². The van der Waals surface area contributed by atoms with Crippen LogP contribution < -0.4 is 0 Å². The molecule has 1 saturated heterocycles. The van der Waals surface area contributed by atoms with Gasteiger partial charge in [0.15, 0.2) is 6.23 Å². The molecule has 0 radical (unpaired) electrons. The van der Waals surface area contributed by atoms with Crippen LogP contribution in [0, 0.1) is 13.8 Å². The number of aliphatic hydroxyl groups is 3. The molecule has 0 amide bonds. The number of hydrogen-bond acceptors (Lipinski definition) is 6. The number of aromatic nitrogens is 3. The van der Waals surface area contributed by atoms with Crippen LogP contribution in [0.3, 0.4) is 0 Å². The third-order valence-electron chi connectivity index (χ3n) is 5.38. The van der Waals surface area contributed by atoms with E-state index in [2.05, 4.69) is 9.97 Å². The number of aliphatic hydroxyl groups excluding tert-OH is 2. The summed E-state index contributed by atoms with van der Waals surface area (Å²) in [5.41, 5.74) is 1.39. The van der Waals surface area contributed by atoms with Crippen LogP contribution in [-0.4, -0.2) is 47.7 Å². The number of benzene rings is 1. The van der Waals surface area contributed by atoms with Crippen molar-refractivity contribution in [1.29, 1.82) is 0 Å². The molecule has 0 spiro atoms. The van der Waals surface area contributed by atoms with Gasteiger partial charge in [0.1, 0.15) is 35.9 Å². The van der Waals surface area contributed by atoms with Crippen LogP contribution >= 0.6 is 0 Å². The first kappa shape index (κ1) is 18.1. The molecule has 0 unspecified atom stereocenters. The van der Waals surface area contributed by atoms with Crippen LogP contribution in [0.1, 0.15) is 36.1 Å². The molecule has 5 atom stereocenters. The predicted octanol–water partition coefficient (Wildman–Crippen LogP) is 1.79. The van der Waals surface area contributed by atoms with Gasteiger partial charge in [-0.15, -0.1) is 0 Å². The Hall–Kier alpha value is -2.32. The average Bonchev–Trinajstić information content (AvgIpc) is 3.15. The standard InChI is InChI=1S/C20H23N3O4/c1-11-5-4-6-13(9-11)15(24)17-20(3,26)16(25)19(27-17)23-8-7-14-12(2)21-10-22-18(14)23/h4-10,15-17,19,24-26H,1-3H3/t15-,16+,17-,19-,20+/m1/s1. The monoisotopic (exact) mass is 369 g/mol. The quantitative estimate of drug-likeness (QED) is 0.651. The minimum absolute atomic E-state index is 0.605. The molecule has 0 bridgehead atoms. The van der Waals surface area contributed by atoms with Crippen LogP contribution in [0.15, 0.2) is 42.9 Å². The van der Waals surface area contributed by atoms with E-state index in [0.717, 1.165) is 16.6 Å². The highest BCUT2D eigenvalue weighted by molar-refractivity contribution is 5.78. The molecule has 3 aromatic rings. The van der Waals surface area contributed by atoms with Crippen molar-refractivity contribution in [2.45, 2.75) is 50.9 Å². The minimum atomic E-state index is -1.65. The van der Waals surface area contributed by atoms with Crippen molar-refractivity contribution in [3.05, 3.63) is 59.7 Å². The highest BCUT2D eigenvalue weighted by Gasteiger charge is 2.55. The van der Waals surface area contributed by atoms with E-state index >= 15 is 0 Å². The summed E-state index contributed by atoms with van der Waals surface area (Å²) in [6.07, 6.45) is -1.01. The number of rotatable bonds is 3. The second-order valence-electron chi connectivity index (χ2n) is 7.40. The summed E-state index contributed by atoms with van der Waals surface area (Å²) in [6, 6.07) is 9.23. The Morgan fingerprint density at radius 2 is 2.00 bits per heavy atom. The molecule has 27 heavy (non-hydrogen) atoms. The molecule has 1 aromatic carbocycles. The zero-order valence-corrected chi connectivity index (χ0v) is 15.4. The summed E-state index contributed by atoms with van der Waals surface area (Å²) in [5.74, 6) is 0. The van der Waals surface area contributed by atoms with Crippen molar-refractivity contribution in [2.75, 3.05) is 0 Å². The molecule has 7 heteroatoms. The van der Waals surface area contributed by atoms with Gasteiger partial charge in [-0.1, -0.05) is 29.8 Å². The van der Waals surface area contributed by atoms with Gasteiger partial charge in [-0.05, 0) is 32.4 Å². The van der Waals surface area contributed by atoms with Crippen molar-refractivity contribution < 1.29 is 20.1 Å². The van der Waals surface area contributed by atoms with E-state index in [0.29, 0.717) is 11.2 Å². The van der Waals surface area contributed by atoms with E-state index < -0.39 is 30.1 Å². The number of nitrogens with zero attached hydrogens (tertiary/aromatic N) is 3. The van der Waals surface area contributed by atoms with Crippen molar-refractivity contribution in [1.82, 2.24) is 14.5 Å². The largest absolute Gasteiger partial charge is 0.386 e. The maximum Gasteiger partial charge on any atom is 0.164 e. The number of fused-ring (bicyclic) bond motifs is 1. The smallest absolute Gasteiger partial charge is 0.164 e. The van der Waals surface area contributed by atoms with Gasteiger partial charge in [0.2, 0.25) is 0 Å². The van der Waals surface area contributed by atoms with Gasteiger partial charge in [-0.2, -0.15) is 0 Å². The number of hydrogen-bond donors (Lipinski definition) is 3. The van der Waals surface area contributed by atoms with E-state index in [1.54, 1.807) is 16.8 Å². The summed E-state index contributed by atoms with van der Waals surface area (Å²) in [6.45, 7) is 5.28.